The molecule has 2 aromatic rings. The Morgan fingerprint density at radius 3 is 2.72 bits per heavy atom. The summed E-state index contributed by atoms with van der Waals surface area (Å²) in [6.45, 7) is 1.41. The number of amides is 3. The van der Waals surface area contributed by atoms with Crippen LogP contribution in [0.1, 0.15) is 34.3 Å². The van der Waals surface area contributed by atoms with Crippen LogP contribution in [0.25, 0.3) is 0 Å². The number of carbonyl (C=O) groups is 3. The fourth-order valence-electron chi connectivity index (χ4n) is 4.32. The summed E-state index contributed by atoms with van der Waals surface area (Å²) in [5.74, 6) is 0.312. The van der Waals surface area contributed by atoms with Crippen LogP contribution in [0.5, 0.6) is 5.75 Å². The summed E-state index contributed by atoms with van der Waals surface area (Å²) in [6.07, 6.45) is 2.24. The Morgan fingerprint density at radius 1 is 1.19 bits per heavy atom. The van der Waals surface area contributed by atoms with E-state index in [0.29, 0.717) is 47.8 Å². The fraction of sp³-hybridized carbons (Fsp3) is 0.375. The Bertz CT molecular complexity index is 1020. The molecule has 32 heavy (non-hydrogen) atoms. The first-order chi connectivity index (χ1) is 15.5. The van der Waals surface area contributed by atoms with E-state index in [0.717, 1.165) is 12.0 Å². The van der Waals surface area contributed by atoms with Crippen molar-refractivity contribution >= 4 is 29.3 Å². The number of halogens is 1. The molecule has 8 heteroatoms. The molecular formula is C24H26ClN3O4. The molecule has 0 bridgehead atoms. The zero-order valence-corrected chi connectivity index (χ0v) is 18.7. The number of carbonyl (C=O) groups excluding carboxylic acids is 3. The molecule has 3 amide bonds. The summed E-state index contributed by atoms with van der Waals surface area (Å²) >= 11 is 5.90. The molecule has 168 valence electrons. The molecule has 2 aliphatic rings. The van der Waals surface area contributed by atoms with Gasteiger partial charge < -0.3 is 19.9 Å². The van der Waals surface area contributed by atoms with Crippen LogP contribution in [0.4, 0.5) is 0 Å². The highest BCUT2D eigenvalue weighted by Gasteiger charge is 2.41. The maximum absolute atomic E-state index is 12.9. The van der Waals surface area contributed by atoms with Crippen LogP contribution < -0.4 is 10.1 Å². The number of benzene rings is 2. The minimum Gasteiger partial charge on any atom is -0.496 e. The largest absolute Gasteiger partial charge is 0.496 e. The Labute approximate surface area is 192 Å². The third kappa shape index (κ3) is 4.72. The third-order valence-electron chi connectivity index (χ3n) is 6.01. The first kappa shape index (κ1) is 22.1. The van der Waals surface area contributed by atoms with Crippen molar-refractivity contribution in [3.05, 3.63) is 64.2 Å². The van der Waals surface area contributed by atoms with Gasteiger partial charge in [-0.2, -0.15) is 0 Å². The molecule has 0 saturated carbocycles. The second-order valence-electron chi connectivity index (χ2n) is 8.10. The molecule has 2 aromatic carbocycles. The van der Waals surface area contributed by atoms with Crippen LogP contribution in [0.2, 0.25) is 5.02 Å². The molecule has 0 aliphatic carbocycles. The van der Waals surface area contributed by atoms with E-state index < -0.39 is 0 Å². The first-order valence-electron chi connectivity index (χ1n) is 10.7. The van der Waals surface area contributed by atoms with Crippen LogP contribution in [-0.4, -0.2) is 60.3 Å². The van der Waals surface area contributed by atoms with Crippen molar-refractivity contribution in [3.8, 4) is 5.75 Å². The fourth-order valence-corrected chi connectivity index (χ4v) is 4.45. The Kier molecular flexibility index (Phi) is 6.65. The van der Waals surface area contributed by atoms with Crippen molar-refractivity contribution < 1.29 is 19.1 Å². The molecule has 1 N–H and O–H groups in total. The highest BCUT2D eigenvalue weighted by atomic mass is 35.5. The number of piperazine rings is 1. The van der Waals surface area contributed by atoms with E-state index in [-0.39, 0.29) is 36.9 Å². The number of hydrogen-bond acceptors (Lipinski definition) is 4. The summed E-state index contributed by atoms with van der Waals surface area (Å²) in [6, 6.07) is 12.3. The number of nitrogens with zero attached hydrogens (tertiary/aromatic N) is 2. The van der Waals surface area contributed by atoms with Gasteiger partial charge in [-0.15, -0.1) is 0 Å². The molecule has 0 spiro atoms. The van der Waals surface area contributed by atoms with Gasteiger partial charge in [-0.3, -0.25) is 14.4 Å². The molecule has 1 unspecified atom stereocenters. The standard InChI is InChI=1S/C24H26ClN3O4/c1-32-21-9-6-17(23(30)26-11-10-16-4-7-19(25)8-5-16)13-18(21)14-27-15-22(29)28-12-2-3-20(28)24(27)31/h4-9,13,20H,2-3,10-12,14-15H2,1H3,(H,26,30). The topological polar surface area (TPSA) is 79.0 Å². The monoisotopic (exact) mass is 455 g/mol. The van der Waals surface area contributed by atoms with Crippen LogP contribution in [0, 0.1) is 0 Å². The number of fused-ring (bicyclic) bond motifs is 1. The predicted octanol–water partition coefficient (Wildman–Crippen LogP) is 2.65. The van der Waals surface area contributed by atoms with Gasteiger partial charge in [-0.05, 0) is 55.2 Å². The van der Waals surface area contributed by atoms with Gasteiger partial charge in [0.25, 0.3) is 5.91 Å². The SMILES string of the molecule is COc1ccc(C(=O)NCCc2ccc(Cl)cc2)cc1CN1CC(=O)N2CCCC2C1=O. The van der Waals surface area contributed by atoms with E-state index in [1.54, 1.807) is 35.1 Å². The number of rotatable bonds is 7. The predicted molar refractivity (Wildman–Crippen MR) is 121 cm³/mol. The molecule has 2 aliphatic heterocycles. The van der Waals surface area contributed by atoms with E-state index in [4.69, 9.17) is 16.3 Å². The summed E-state index contributed by atoms with van der Waals surface area (Å²) in [5, 5.41) is 3.60. The van der Waals surface area contributed by atoms with E-state index in [1.165, 1.54) is 0 Å². The molecule has 1 atom stereocenters. The lowest BCUT2D eigenvalue weighted by atomic mass is 10.1. The molecule has 2 saturated heterocycles. The average molecular weight is 456 g/mol. The lowest BCUT2D eigenvalue weighted by Gasteiger charge is -2.36. The average Bonchev–Trinajstić information content (AvgIpc) is 3.29. The van der Waals surface area contributed by atoms with Gasteiger partial charge in [0.15, 0.2) is 0 Å². The van der Waals surface area contributed by atoms with Crippen molar-refractivity contribution in [3.63, 3.8) is 0 Å². The summed E-state index contributed by atoms with van der Waals surface area (Å²) in [5.41, 5.74) is 2.26. The first-order valence-corrected chi connectivity index (χ1v) is 11.1. The van der Waals surface area contributed by atoms with Gasteiger partial charge >= 0.3 is 0 Å². The van der Waals surface area contributed by atoms with Gasteiger partial charge in [0.1, 0.15) is 18.3 Å². The van der Waals surface area contributed by atoms with E-state index >= 15 is 0 Å². The maximum atomic E-state index is 12.9. The van der Waals surface area contributed by atoms with Gasteiger partial charge in [0.05, 0.1) is 7.11 Å². The lowest BCUT2D eigenvalue weighted by Crippen LogP contribution is -2.56. The summed E-state index contributed by atoms with van der Waals surface area (Å²) < 4.78 is 5.44. The summed E-state index contributed by atoms with van der Waals surface area (Å²) in [4.78, 5) is 41.2. The van der Waals surface area contributed by atoms with Crippen molar-refractivity contribution in [2.24, 2.45) is 0 Å². The van der Waals surface area contributed by atoms with Crippen LogP contribution >= 0.6 is 11.6 Å². The second kappa shape index (κ2) is 9.61. The zero-order valence-electron chi connectivity index (χ0n) is 18.0. The Balaban J connectivity index is 1.42. The molecule has 0 aromatic heterocycles. The zero-order chi connectivity index (χ0) is 22.7. The highest BCUT2D eigenvalue weighted by molar-refractivity contribution is 6.30. The van der Waals surface area contributed by atoms with Crippen LogP contribution in [0.3, 0.4) is 0 Å². The highest BCUT2D eigenvalue weighted by Crippen LogP contribution is 2.27. The van der Waals surface area contributed by atoms with Gasteiger partial charge in [-0.1, -0.05) is 23.7 Å². The summed E-state index contributed by atoms with van der Waals surface area (Å²) in [7, 11) is 1.55. The maximum Gasteiger partial charge on any atom is 0.251 e. The Hall–Kier alpha value is -3.06. The minimum atomic E-state index is -0.360. The number of hydrogen-bond donors (Lipinski definition) is 1. The minimum absolute atomic E-state index is 0.0258. The van der Waals surface area contributed by atoms with Gasteiger partial charge in [-0.25, -0.2) is 0 Å². The van der Waals surface area contributed by atoms with Crippen molar-refractivity contribution in [2.45, 2.75) is 31.8 Å². The molecule has 4 rings (SSSR count). The molecular weight excluding hydrogens is 430 g/mol. The second-order valence-corrected chi connectivity index (χ2v) is 8.53. The molecule has 2 heterocycles. The number of ether oxygens (including phenoxy) is 1. The van der Waals surface area contributed by atoms with Crippen LogP contribution in [0.15, 0.2) is 42.5 Å². The number of nitrogens with one attached hydrogen (secondary N) is 1. The van der Waals surface area contributed by atoms with E-state index in [9.17, 15) is 14.4 Å². The molecule has 0 radical (unpaired) electrons. The normalized spacial score (nSPS) is 18.0. The molecule has 7 nitrogen and oxygen atoms in total. The third-order valence-corrected chi connectivity index (χ3v) is 6.26. The quantitative estimate of drug-likeness (QED) is 0.696. The smallest absolute Gasteiger partial charge is 0.251 e. The van der Waals surface area contributed by atoms with Gasteiger partial charge in [0, 0.05) is 35.8 Å². The van der Waals surface area contributed by atoms with Gasteiger partial charge in [0.2, 0.25) is 11.8 Å². The number of methoxy groups -OCH3 is 1. The van der Waals surface area contributed by atoms with Crippen molar-refractivity contribution in [2.75, 3.05) is 26.7 Å². The van der Waals surface area contributed by atoms with Crippen molar-refractivity contribution in [1.29, 1.82) is 0 Å². The van der Waals surface area contributed by atoms with Crippen molar-refractivity contribution in [1.82, 2.24) is 15.1 Å². The van der Waals surface area contributed by atoms with E-state index in [2.05, 4.69) is 5.32 Å². The molecule has 2 fully saturated rings. The van der Waals surface area contributed by atoms with Crippen LogP contribution in [-0.2, 0) is 22.6 Å². The lowest BCUT2D eigenvalue weighted by molar-refractivity contribution is -0.154. The van der Waals surface area contributed by atoms with E-state index in [1.807, 2.05) is 24.3 Å². The Morgan fingerprint density at radius 2 is 1.97 bits per heavy atom.